The molecule has 0 amide bonds. The summed E-state index contributed by atoms with van der Waals surface area (Å²) < 4.78 is 23.2. The fourth-order valence-electron chi connectivity index (χ4n) is 2.06. The monoisotopic (exact) mass is 258 g/mol. The molecule has 2 heterocycles. The normalized spacial score (nSPS) is 36.2. The highest BCUT2D eigenvalue weighted by molar-refractivity contribution is 6.69. The van der Waals surface area contributed by atoms with Gasteiger partial charge in [0, 0.05) is 0 Å². The highest BCUT2D eigenvalue weighted by atomic mass is 28.4. The molecule has 0 N–H and O–H groups in total. The molecule has 0 saturated carbocycles. The molecule has 2 aliphatic rings. The maximum Gasteiger partial charge on any atom is 0.184 e. The number of hydrogen-bond donors (Lipinski definition) is 0. The minimum Gasteiger partial charge on any atom is -0.493 e. The lowest BCUT2D eigenvalue weighted by molar-refractivity contribution is -0.317. The second-order valence-electron chi connectivity index (χ2n) is 5.99. The van der Waals surface area contributed by atoms with Gasteiger partial charge in [0.2, 0.25) is 0 Å². The SMILES string of the molecule is CC1(C)OC[C@H]2OC=C[C@@H](O[Si](C)(C)C)[C@@H]2O1. The van der Waals surface area contributed by atoms with Crippen LogP contribution in [0.3, 0.4) is 0 Å². The van der Waals surface area contributed by atoms with Gasteiger partial charge in [-0.1, -0.05) is 0 Å². The lowest BCUT2D eigenvalue weighted by Crippen LogP contribution is -2.57. The Bertz CT molecular complexity index is 308. The topological polar surface area (TPSA) is 36.9 Å². The van der Waals surface area contributed by atoms with Crippen molar-refractivity contribution in [2.24, 2.45) is 0 Å². The molecular formula is C12H22O4Si. The van der Waals surface area contributed by atoms with Crippen LogP contribution in [0.25, 0.3) is 0 Å². The maximum absolute atomic E-state index is 6.13. The Hall–Kier alpha value is -0.363. The van der Waals surface area contributed by atoms with Crippen molar-refractivity contribution in [3.63, 3.8) is 0 Å². The summed E-state index contributed by atoms with van der Waals surface area (Å²) in [5.74, 6) is -0.559. The summed E-state index contributed by atoms with van der Waals surface area (Å²) in [6.45, 7) is 10.9. The van der Waals surface area contributed by atoms with Crippen LogP contribution < -0.4 is 0 Å². The van der Waals surface area contributed by atoms with E-state index in [0.717, 1.165) is 0 Å². The molecule has 0 aromatic rings. The average molecular weight is 258 g/mol. The zero-order chi connectivity index (χ0) is 12.7. The molecule has 17 heavy (non-hydrogen) atoms. The van der Waals surface area contributed by atoms with E-state index in [1.807, 2.05) is 19.9 Å². The van der Waals surface area contributed by atoms with Crippen molar-refractivity contribution in [2.45, 2.75) is 57.6 Å². The van der Waals surface area contributed by atoms with Gasteiger partial charge >= 0.3 is 0 Å². The summed E-state index contributed by atoms with van der Waals surface area (Å²) in [6.07, 6.45) is 3.49. The zero-order valence-electron chi connectivity index (χ0n) is 11.2. The van der Waals surface area contributed by atoms with E-state index in [1.165, 1.54) is 0 Å². The standard InChI is InChI=1S/C12H22O4Si/c1-12(2)14-8-10-11(15-12)9(6-7-13-10)16-17(3,4)5/h6-7,9-11H,8H2,1-5H3/t9-,10-,11+/m1/s1. The average Bonchev–Trinajstić information content (AvgIpc) is 2.16. The smallest absolute Gasteiger partial charge is 0.184 e. The van der Waals surface area contributed by atoms with Crippen LogP contribution in [0, 0.1) is 0 Å². The lowest BCUT2D eigenvalue weighted by atomic mass is 10.0. The van der Waals surface area contributed by atoms with E-state index >= 15 is 0 Å². The van der Waals surface area contributed by atoms with E-state index in [1.54, 1.807) is 6.26 Å². The van der Waals surface area contributed by atoms with Crippen molar-refractivity contribution in [2.75, 3.05) is 6.61 Å². The third kappa shape index (κ3) is 3.31. The summed E-state index contributed by atoms with van der Waals surface area (Å²) in [7, 11) is -1.59. The number of rotatable bonds is 2. The van der Waals surface area contributed by atoms with E-state index in [0.29, 0.717) is 6.61 Å². The molecule has 5 heteroatoms. The molecule has 1 fully saturated rings. The van der Waals surface area contributed by atoms with Gasteiger partial charge in [-0.3, -0.25) is 0 Å². The molecular weight excluding hydrogens is 236 g/mol. The van der Waals surface area contributed by atoms with Crippen LogP contribution in [-0.2, 0) is 18.6 Å². The lowest BCUT2D eigenvalue weighted by Gasteiger charge is -2.45. The Kier molecular flexibility index (Phi) is 3.37. The van der Waals surface area contributed by atoms with E-state index in [-0.39, 0.29) is 18.3 Å². The van der Waals surface area contributed by atoms with Crippen LogP contribution in [0.4, 0.5) is 0 Å². The van der Waals surface area contributed by atoms with Crippen LogP contribution in [-0.4, -0.2) is 39.0 Å². The molecule has 0 unspecified atom stereocenters. The van der Waals surface area contributed by atoms with E-state index < -0.39 is 14.1 Å². The van der Waals surface area contributed by atoms with E-state index in [4.69, 9.17) is 18.6 Å². The second-order valence-corrected chi connectivity index (χ2v) is 10.5. The number of fused-ring (bicyclic) bond motifs is 1. The molecule has 3 atom stereocenters. The summed E-state index contributed by atoms with van der Waals surface area (Å²) in [5, 5.41) is 0. The van der Waals surface area contributed by atoms with Crippen molar-refractivity contribution < 1.29 is 18.6 Å². The second kappa shape index (κ2) is 4.39. The van der Waals surface area contributed by atoms with Crippen molar-refractivity contribution in [3.8, 4) is 0 Å². The Labute approximate surface area is 104 Å². The maximum atomic E-state index is 6.13. The zero-order valence-corrected chi connectivity index (χ0v) is 12.2. The summed E-state index contributed by atoms with van der Waals surface area (Å²) in [4.78, 5) is 0. The van der Waals surface area contributed by atoms with Gasteiger partial charge < -0.3 is 18.6 Å². The van der Waals surface area contributed by atoms with Gasteiger partial charge in [0.25, 0.3) is 0 Å². The van der Waals surface area contributed by atoms with Gasteiger partial charge in [-0.15, -0.1) is 0 Å². The molecule has 1 saturated heterocycles. The quantitative estimate of drug-likeness (QED) is 0.712. The third-order valence-corrected chi connectivity index (χ3v) is 3.70. The van der Waals surface area contributed by atoms with Crippen molar-refractivity contribution in [1.29, 1.82) is 0 Å². The molecule has 98 valence electrons. The summed E-state index contributed by atoms with van der Waals surface area (Å²) >= 11 is 0. The van der Waals surface area contributed by atoms with Gasteiger partial charge in [0.05, 0.1) is 19.0 Å². The Morgan fingerprint density at radius 1 is 1.29 bits per heavy atom. The summed E-state index contributed by atoms with van der Waals surface area (Å²) in [5.41, 5.74) is 0. The molecule has 2 rings (SSSR count). The first kappa shape index (κ1) is 13.1. The van der Waals surface area contributed by atoms with E-state index in [9.17, 15) is 0 Å². The highest BCUT2D eigenvalue weighted by Crippen LogP contribution is 2.31. The predicted octanol–water partition coefficient (Wildman–Crippen LogP) is 2.27. The minimum absolute atomic E-state index is 0.0245. The molecule has 0 radical (unpaired) electrons. The molecule has 2 aliphatic heterocycles. The van der Waals surface area contributed by atoms with Crippen LogP contribution in [0.15, 0.2) is 12.3 Å². The van der Waals surface area contributed by atoms with Crippen molar-refractivity contribution in [3.05, 3.63) is 12.3 Å². The molecule has 0 spiro atoms. The fourth-order valence-corrected chi connectivity index (χ4v) is 3.09. The molecule has 0 bridgehead atoms. The first-order valence-electron chi connectivity index (χ1n) is 6.09. The molecule has 0 aromatic carbocycles. The van der Waals surface area contributed by atoms with Gasteiger partial charge in [0.1, 0.15) is 6.10 Å². The fraction of sp³-hybridized carbons (Fsp3) is 0.833. The number of ether oxygens (including phenoxy) is 3. The summed E-state index contributed by atoms with van der Waals surface area (Å²) in [6, 6.07) is 0. The first-order chi connectivity index (χ1) is 7.77. The van der Waals surface area contributed by atoms with Gasteiger partial charge in [-0.25, -0.2) is 0 Å². The van der Waals surface area contributed by atoms with E-state index in [2.05, 4.69) is 19.6 Å². The minimum atomic E-state index is -1.59. The van der Waals surface area contributed by atoms with Crippen LogP contribution in [0.1, 0.15) is 13.8 Å². The molecule has 0 aromatic heterocycles. The first-order valence-corrected chi connectivity index (χ1v) is 9.49. The van der Waals surface area contributed by atoms with Crippen molar-refractivity contribution >= 4 is 8.32 Å². The Morgan fingerprint density at radius 2 is 2.00 bits per heavy atom. The highest BCUT2D eigenvalue weighted by Gasteiger charge is 2.44. The Balaban J connectivity index is 2.10. The van der Waals surface area contributed by atoms with Crippen molar-refractivity contribution in [1.82, 2.24) is 0 Å². The number of hydrogen-bond acceptors (Lipinski definition) is 4. The Morgan fingerprint density at radius 3 is 2.65 bits per heavy atom. The third-order valence-electron chi connectivity index (χ3n) is 2.72. The van der Waals surface area contributed by atoms with Gasteiger partial charge in [0.15, 0.2) is 20.2 Å². The molecule has 4 nitrogen and oxygen atoms in total. The van der Waals surface area contributed by atoms with Gasteiger partial charge in [-0.2, -0.15) is 0 Å². The van der Waals surface area contributed by atoms with Gasteiger partial charge in [-0.05, 0) is 39.6 Å². The van der Waals surface area contributed by atoms with Crippen LogP contribution in [0.2, 0.25) is 19.6 Å². The molecule has 0 aliphatic carbocycles. The van der Waals surface area contributed by atoms with Crippen LogP contribution >= 0.6 is 0 Å². The largest absolute Gasteiger partial charge is 0.493 e. The predicted molar refractivity (Wildman–Crippen MR) is 67.1 cm³/mol. The van der Waals surface area contributed by atoms with Crippen LogP contribution in [0.5, 0.6) is 0 Å².